The number of carbonyl (C=O) groups is 1. The van der Waals surface area contributed by atoms with Crippen LogP contribution >= 0.6 is 11.6 Å². The molecule has 0 fully saturated rings. The van der Waals surface area contributed by atoms with Crippen LogP contribution in [0.25, 0.3) is 0 Å². The van der Waals surface area contributed by atoms with Crippen LogP contribution < -0.4 is 15.4 Å². The maximum Gasteiger partial charge on any atom is 0.276 e. The Balaban J connectivity index is 1.70. The number of ether oxygens (including phenoxy) is 1. The molecular formula is C19H14ClN5O2. The zero-order chi connectivity index (χ0) is 19.2. The topological polar surface area (TPSA) is 99.9 Å². The predicted octanol–water partition coefficient (Wildman–Crippen LogP) is 4.01. The highest BCUT2D eigenvalue weighted by Gasteiger charge is 2.10. The van der Waals surface area contributed by atoms with Gasteiger partial charge in [0.2, 0.25) is 0 Å². The summed E-state index contributed by atoms with van der Waals surface area (Å²) in [5, 5.41) is 23.0. The van der Waals surface area contributed by atoms with Crippen molar-refractivity contribution >= 4 is 34.7 Å². The summed E-state index contributed by atoms with van der Waals surface area (Å²) in [4.78, 5) is 12.2. The summed E-state index contributed by atoms with van der Waals surface area (Å²) >= 11 is 6.00. The molecular weight excluding hydrogens is 366 g/mol. The molecule has 27 heavy (non-hydrogen) atoms. The quantitative estimate of drug-likeness (QED) is 0.694. The minimum absolute atomic E-state index is 0.156. The maximum absolute atomic E-state index is 12.2. The molecule has 0 unspecified atom stereocenters. The van der Waals surface area contributed by atoms with Gasteiger partial charge in [0, 0.05) is 10.7 Å². The van der Waals surface area contributed by atoms with E-state index in [0.717, 1.165) is 0 Å². The standard InChI is InChI=1S/C19H14ClN5O2/c1-27-17-8-4-13(20)10-16(17)23-18-9-7-15(24-25-18)19(26)22-14-5-2-12(11-21)3-6-14/h2-10H,1H3,(H,22,26)(H,23,25). The van der Waals surface area contributed by atoms with Crippen LogP contribution in [0, 0.1) is 11.3 Å². The molecule has 1 heterocycles. The molecule has 0 spiro atoms. The fraction of sp³-hybridized carbons (Fsp3) is 0.0526. The van der Waals surface area contributed by atoms with Crippen LogP contribution in [0.5, 0.6) is 5.75 Å². The van der Waals surface area contributed by atoms with Crippen LogP contribution in [-0.2, 0) is 0 Å². The Morgan fingerprint density at radius 3 is 2.52 bits per heavy atom. The van der Waals surface area contributed by atoms with Crippen LogP contribution in [0.15, 0.2) is 54.6 Å². The summed E-state index contributed by atoms with van der Waals surface area (Å²) in [6.45, 7) is 0. The van der Waals surface area contributed by atoms with E-state index < -0.39 is 5.91 Å². The summed E-state index contributed by atoms with van der Waals surface area (Å²) in [5.41, 5.74) is 1.86. The third-order valence-electron chi connectivity index (χ3n) is 3.59. The highest BCUT2D eigenvalue weighted by molar-refractivity contribution is 6.31. The van der Waals surface area contributed by atoms with Gasteiger partial charge in [-0.25, -0.2) is 0 Å². The molecule has 1 amide bonds. The second-order valence-corrected chi connectivity index (χ2v) is 5.85. The number of hydrogen-bond donors (Lipinski definition) is 2. The lowest BCUT2D eigenvalue weighted by Gasteiger charge is -2.10. The Bertz CT molecular complexity index is 998. The fourth-order valence-electron chi connectivity index (χ4n) is 2.26. The highest BCUT2D eigenvalue weighted by atomic mass is 35.5. The molecule has 3 rings (SSSR count). The van der Waals surface area contributed by atoms with Crippen molar-refractivity contribution in [2.24, 2.45) is 0 Å². The van der Waals surface area contributed by atoms with E-state index in [0.29, 0.717) is 33.5 Å². The second-order valence-electron chi connectivity index (χ2n) is 5.42. The van der Waals surface area contributed by atoms with Crippen molar-refractivity contribution in [3.63, 3.8) is 0 Å². The molecule has 0 aliphatic carbocycles. The van der Waals surface area contributed by atoms with Crippen molar-refractivity contribution in [3.05, 3.63) is 70.9 Å². The van der Waals surface area contributed by atoms with E-state index in [4.69, 9.17) is 21.6 Å². The van der Waals surface area contributed by atoms with Crippen molar-refractivity contribution in [2.45, 2.75) is 0 Å². The molecule has 0 saturated heterocycles. The Labute approximate surface area is 160 Å². The minimum atomic E-state index is -0.404. The molecule has 2 aromatic carbocycles. The third-order valence-corrected chi connectivity index (χ3v) is 3.83. The van der Waals surface area contributed by atoms with Crippen molar-refractivity contribution in [1.29, 1.82) is 5.26 Å². The van der Waals surface area contributed by atoms with Gasteiger partial charge in [-0.05, 0) is 54.6 Å². The summed E-state index contributed by atoms with van der Waals surface area (Å²) in [6, 6.07) is 16.9. The first-order chi connectivity index (χ1) is 13.1. The number of nitrogens with one attached hydrogen (secondary N) is 2. The molecule has 0 aliphatic heterocycles. The average Bonchev–Trinajstić information content (AvgIpc) is 2.69. The van der Waals surface area contributed by atoms with Gasteiger partial charge in [-0.3, -0.25) is 4.79 Å². The van der Waals surface area contributed by atoms with Gasteiger partial charge >= 0.3 is 0 Å². The number of rotatable bonds is 5. The average molecular weight is 380 g/mol. The van der Waals surface area contributed by atoms with Crippen molar-refractivity contribution in [1.82, 2.24) is 10.2 Å². The number of hydrogen-bond acceptors (Lipinski definition) is 6. The zero-order valence-corrected chi connectivity index (χ0v) is 15.0. The Morgan fingerprint density at radius 1 is 1.11 bits per heavy atom. The summed E-state index contributed by atoms with van der Waals surface area (Å²) in [6.07, 6.45) is 0. The monoisotopic (exact) mass is 379 g/mol. The predicted molar refractivity (Wildman–Crippen MR) is 102 cm³/mol. The Morgan fingerprint density at radius 2 is 1.89 bits per heavy atom. The summed E-state index contributed by atoms with van der Waals surface area (Å²) in [5.74, 6) is 0.633. The number of aromatic nitrogens is 2. The van der Waals surface area contributed by atoms with Gasteiger partial charge in [0.05, 0.1) is 24.4 Å². The van der Waals surface area contributed by atoms with Crippen LogP contribution in [0.3, 0.4) is 0 Å². The van der Waals surface area contributed by atoms with Gasteiger partial charge in [-0.2, -0.15) is 5.26 Å². The minimum Gasteiger partial charge on any atom is -0.495 e. The molecule has 3 aromatic rings. The van der Waals surface area contributed by atoms with Gasteiger partial charge in [0.15, 0.2) is 11.5 Å². The smallest absolute Gasteiger partial charge is 0.276 e. The highest BCUT2D eigenvalue weighted by Crippen LogP contribution is 2.29. The number of nitrogens with zero attached hydrogens (tertiary/aromatic N) is 3. The van der Waals surface area contributed by atoms with Gasteiger partial charge in [-0.1, -0.05) is 11.6 Å². The fourth-order valence-corrected chi connectivity index (χ4v) is 2.43. The van der Waals surface area contributed by atoms with Crippen LogP contribution in [0.4, 0.5) is 17.2 Å². The zero-order valence-electron chi connectivity index (χ0n) is 14.2. The lowest BCUT2D eigenvalue weighted by molar-refractivity contribution is 0.102. The molecule has 0 saturated carbocycles. The van der Waals surface area contributed by atoms with E-state index in [1.54, 1.807) is 61.7 Å². The second kappa shape index (κ2) is 8.17. The number of methoxy groups -OCH3 is 1. The molecule has 7 nitrogen and oxygen atoms in total. The largest absolute Gasteiger partial charge is 0.495 e. The first kappa shape index (κ1) is 18.2. The van der Waals surface area contributed by atoms with Gasteiger partial charge < -0.3 is 15.4 Å². The van der Waals surface area contributed by atoms with E-state index in [2.05, 4.69) is 20.8 Å². The summed E-state index contributed by atoms with van der Waals surface area (Å²) < 4.78 is 5.26. The van der Waals surface area contributed by atoms with E-state index in [-0.39, 0.29) is 5.69 Å². The number of carbonyl (C=O) groups excluding carboxylic acids is 1. The molecule has 8 heteroatoms. The molecule has 0 aliphatic rings. The lowest BCUT2D eigenvalue weighted by Crippen LogP contribution is -2.14. The molecule has 0 atom stereocenters. The van der Waals surface area contributed by atoms with Gasteiger partial charge in [0.25, 0.3) is 5.91 Å². The van der Waals surface area contributed by atoms with E-state index in [9.17, 15) is 4.79 Å². The lowest BCUT2D eigenvalue weighted by atomic mass is 10.2. The van der Waals surface area contributed by atoms with Gasteiger partial charge in [-0.15, -0.1) is 10.2 Å². The molecule has 0 bridgehead atoms. The first-order valence-corrected chi connectivity index (χ1v) is 8.22. The first-order valence-electron chi connectivity index (χ1n) is 7.85. The van der Waals surface area contributed by atoms with Crippen LogP contribution in [-0.4, -0.2) is 23.2 Å². The SMILES string of the molecule is COc1ccc(Cl)cc1Nc1ccc(C(=O)Nc2ccc(C#N)cc2)nn1. The van der Waals surface area contributed by atoms with E-state index in [1.165, 1.54) is 0 Å². The van der Waals surface area contributed by atoms with Crippen LogP contribution in [0.2, 0.25) is 5.02 Å². The van der Waals surface area contributed by atoms with Gasteiger partial charge in [0.1, 0.15) is 5.75 Å². The number of amides is 1. The third kappa shape index (κ3) is 4.51. The summed E-state index contributed by atoms with van der Waals surface area (Å²) in [7, 11) is 1.55. The van der Waals surface area contributed by atoms with E-state index >= 15 is 0 Å². The molecule has 2 N–H and O–H groups in total. The van der Waals surface area contributed by atoms with Crippen molar-refractivity contribution in [2.75, 3.05) is 17.7 Å². The van der Waals surface area contributed by atoms with E-state index in [1.807, 2.05) is 6.07 Å². The number of nitriles is 1. The number of benzene rings is 2. The normalized spacial score (nSPS) is 9.96. The van der Waals surface area contributed by atoms with Crippen LogP contribution in [0.1, 0.15) is 16.1 Å². The number of anilines is 3. The van der Waals surface area contributed by atoms with Crippen molar-refractivity contribution in [3.8, 4) is 11.8 Å². The molecule has 0 radical (unpaired) electrons. The van der Waals surface area contributed by atoms with Crippen molar-refractivity contribution < 1.29 is 9.53 Å². The molecule has 134 valence electrons. The Kier molecular flexibility index (Phi) is 5.50. The number of halogens is 1. The molecule has 1 aromatic heterocycles. The maximum atomic E-state index is 12.2. The Hall–Kier alpha value is -3.63.